The Hall–Kier alpha value is -0.330. The van der Waals surface area contributed by atoms with Gasteiger partial charge in [0.15, 0.2) is 12.4 Å². The minimum absolute atomic E-state index is 0.309. The number of aliphatic hydroxyl groups excluding tert-OH is 2. The number of hydrogen-bond acceptors (Lipinski definition) is 5. The van der Waals surface area contributed by atoms with Gasteiger partial charge in [0, 0.05) is 7.11 Å². The highest BCUT2D eigenvalue weighted by Gasteiger charge is 2.45. The molecule has 1 rings (SSSR count). The van der Waals surface area contributed by atoms with Gasteiger partial charge in [-0.1, -0.05) is 6.92 Å². The van der Waals surface area contributed by atoms with E-state index in [1.54, 1.807) is 0 Å². The molecule has 1 aliphatic rings. The Morgan fingerprint density at radius 2 is 2.00 bits per heavy atom. The first-order valence-electron chi connectivity index (χ1n) is 4.60. The van der Waals surface area contributed by atoms with Crippen molar-refractivity contribution in [3.05, 3.63) is 7.11 Å². The van der Waals surface area contributed by atoms with E-state index in [2.05, 4.69) is 7.11 Å². The van der Waals surface area contributed by atoms with Crippen molar-refractivity contribution in [3.8, 4) is 0 Å². The minimum atomic E-state index is -1.10. The molecule has 1 fully saturated rings. The van der Waals surface area contributed by atoms with Crippen molar-refractivity contribution in [3.63, 3.8) is 0 Å². The van der Waals surface area contributed by atoms with Gasteiger partial charge in [-0.25, -0.2) is 0 Å². The lowest BCUT2D eigenvalue weighted by atomic mass is 9.97. The Morgan fingerprint density at radius 1 is 1.36 bits per heavy atom. The van der Waals surface area contributed by atoms with Crippen molar-refractivity contribution < 1.29 is 24.4 Å². The standard InChI is InChI=1S/C9H17O5/c1-4-5-8(12-2)6(10)7(11)9(13-3)14-5/h5-11H,2,4H2,1,3H3/q+1. The van der Waals surface area contributed by atoms with Crippen LogP contribution in [0.25, 0.3) is 0 Å². The maximum atomic E-state index is 9.67. The smallest absolute Gasteiger partial charge is 0.213 e. The molecule has 0 aromatic rings. The molecule has 5 nitrogen and oxygen atoms in total. The van der Waals surface area contributed by atoms with Crippen LogP contribution in [0, 0.1) is 7.11 Å². The summed E-state index contributed by atoms with van der Waals surface area (Å²) in [6.07, 6.45) is -3.20. The lowest BCUT2D eigenvalue weighted by Gasteiger charge is -2.39. The summed E-state index contributed by atoms with van der Waals surface area (Å²) in [7, 11) is 4.67. The molecule has 5 unspecified atom stereocenters. The van der Waals surface area contributed by atoms with Crippen LogP contribution in [0.3, 0.4) is 0 Å². The van der Waals surface area contributed by atoms with Crippen molar-refractivity contribution in [2.75, 3.05) is 7.11 Å². The summed E-state index contributed by atoms with van der Waals surface area (Å²) in [6.45, 7) is 1.90. The molecule has 0 saturated carbocycles. The molecule has 1 saturated heterocycles. The van der Waals surface area contributed by atoms with Gasteiger partial charge in [-0.2, -0.15) is 4.74 Å². The molecule has 2 N–H and O–H groups in total. The highest BCUT2D eigenvalue weighted by Crippen LogP contribution is 2.25. The van der Waals surface area contributed by atoms with Crippen molar-refractivity contribution in [2.24, 2.45) is 0 Å². The Kier molecular flexibility index (Phi) is 4.15. The lowest BCUT2D eigenvalue weighted by Crippen LogP contribution is -2.58. The van der Waals surface area contributed by atoms with Gasteiger partial charge in [-0.3, -0.25) is 0 Å². The molecule has 1 heterocycles. The molecule has 0 spiro atoms. The third-order valence-electron chi connectivity index (χ3n) is 2.47. The third kappa shape index (κ3) is 2.02. The molecule has 1 aliphatic heterocycles. The monoisotopic (exact) mass is 205 g/mol. The van der Waals surface area contributed by atoms with Gasteiger partial charge < -0.3 is 19.7 Å². The average Bonchev–Trinajstić information content (AvgIpc) is 2.21. The summed E-state index contributed by atoms with van der Waals surface area (Å²) in [5.74, 6) is 0. The second-order valence-electron chi connectivity index (χ2n) is 3.30. The van der Waals surface area contributed by atoms with Gasteiger partial charge in [0.25, 0.3) is 0 Å². The predicted octanol–water partition coefficient (Wildman–Crippen LogP) is -0.334. The number of rotatable bonds is 3. The predicted molar refractivity (Wildman–Crippen MR) is 48.2 cm³/mol. The molecule has 0 radical (unpaired) electrons. The molecular weight excluding hydrogens is 188 g/mol. The highest BCUT2D eigenvalue weighted by atomic mass is 16.7. The second-order valence-corrected chi connectivity index (χ2v) is 3.30. The highest BCUT2D eigenvalue weighted by molar-refractivity contribution is 4.89. The van der Waals surface area contributed by atoms with E-state index in [0.717, 1.165) is 0 Å². The fourth-order valence-electron chi connectivity index (χ4n) is 1.63. The Labute approximate surface area is 83.6 Å². The SMILES string of the molecule is [CH2+]OC1C(CC)OC(OC)C(O)C1O. The Bertz CT molecular complexity index is 173. The van der Waals surface area contributed by atoms with E-state index in [9.17, 15) is 10.2 Å². The molecule has 82 valence electrons. The van der Waals surface area contributed by atoms with Crippen LogP contribution < -0.4 is 0 Å². The zero-order valence-corrected chi connectivity index (χ0v) is 8.42. The topological polar surface area (TPSA) is 68.2 Å². The van der Waals surface area contributed by atoms with Crippen molar-refractivity contribution in [1.29, 1.82) is 0 Å². The molecule has 0 aromatic carbocycles. The molecule has 0 aliphatic carbocycles. The summed E-state index contributed by atoms with van der Waals surface area (Å²) in [5.41, 5.74) is 0. The molecular formula is C9H17O5+. The quantitative estimate of drug-likeness (QED) is 0.617. The fraction of sp³-hybridized carbons (Fsp3) is 0.889. The van der Waals surface area contributed by atoms with Gasteiger partial charge in [0.2, 0.25) is 7.11 Å². The van der Waals surface area contributed by atoms with Crippen molar-refractivity contribution >= 4 is 0 Å². The first-order valence-corrected chi connectivity index (χ1v) is 4.60. The van der Waals surface area contributed by atoms with Gasteiger partial charge in [-0.15, -0.1) is 0 Å². The van der Waals surface area contributed by atoms with Gasteiger partial charge in [0.05, 0.1) is 6.10 Å². The summed E-state index contributed by atoms with van der Waals surface area (Å²) in [4.78, 5) is 0. The van der Waals surface area contributed by atoms with E-state index < -0.39 is 24.6 Å². The summed E-state index contributed by atoms with van der Waals surface area (Å²) in [6, 6.07) is 0. The largest absolute Gasteiger partial charge is 0.387 e. The zero-order chi connectivity index (χ0) is 10.7. The van der Waals surface area contributed by atoms with Crippen LogP contribution in [0.5, 0.6) is 0 Å². The number of hydrogen-bond donors (Lipinski definition) is 2. The fourth-order valence-corrected chi connectivity index (χ4v) is 1.63. The molecule has 0 aromatic heterocycles. The first-order chi connectivity index (χ1) is 6.65. The van der Waals surface area contributed by atoms with Crippen LogP contribution in [0.2, 0.25) is 0 Å². The maximum absolute atomic E-state index is 9.67. The summed E-state index contributed by atoms with van der Waals surface area (Å²) < 4.78 is 15.1. The van der Waals surface area contributed by atoms with Crippen LogP contribution in [0.15, 0.2) is 0 Å². The number of aliphatic hydroxyl groups is 2. The van der Waals surface area contributed by atoms with Crippen LogP contribution in [-0.2, 0) is 14.2 Å². The van der Waals surface area contributed by atoms with Gasteiger partial charge >= 0.3 is 0 Å². The van der Waals surface area contributed by atoms with Gasteiger partial charge in [0.1, 0.15) is 12.2 Å². The van der Waals surface area contributed by atoms with E-state index in [0.29, 0.717) is 6.42 Å². The van der Waals surface area contributed by atoms with E-state index in [4.69, 9.17) is 14.2 Å². The lowest BCUT2D eigenvalue weighted by molar-refractivity contribution is -0.291. The molecule has 14 heavy (non-hydrogen) atoms. The maximum Gasteiger partial charge on any atom is 0.213 e. The summed E-state index contributed by atoms with van der Waals surface area (Å²) >= 11 is 0. The molecule has 5 heteroatoms. The summed E-state index contributed by atoms with van der Waals surface area (Å²) in [5, 5.41) is 19.2. The van der Waals surface area contributed by atoms with Crippen molar-refractivity contribution in [2.45, 2.75) is 44.1 Å². The third-order valence-corrected chi connectivity index (χ3v) is 2.47. The van der Waals surface area contributed by atoms with E-state index in [1.807, 2.05) is 6.92 Å². The first kappa shape index (κ1) is 11.7. The molecule has 0 amide bonds. The van der Waals surface area contributed by atoms with Crippen LogP contribution >= 0.6 is 0 Å². The number of ether oxygens (including phenoxy) is 3. The van der Waals surface area contributed by atoms with E-state index in [1.165, 1.54) is 7.11 Å². The van der Waals surface area contributed by atoms with E-state index >= 15 is 0 Å². The van der Waals surface area contributed by atoms with Crippen molar-refractivity contribution in [1.82, 2.24) is 0 Å². The Balaban J connectivity index is 2.71. The molecule has 0 bridgehead atoms. The zero-order valence-electron chi connectivity index (χ0n) is 8.42. The van der Waals surface area contributed by atoms with Crippen LogP contribution in [0.1, 0.15) is 13.3 Å². The second kappa shape index (κ2) is 4.95. The number of methoxy groups -OCH3 is 1. The Morgan fingerprint density at radius 3 is 2.43 bits per heavy atom. The minimum Gasteiger partial charge on any atom is -0.387 e. The van der Waals surface area contributed by atoms with E-state index in [-0.39, 0.29) is 6.10 Å². The average molecular weight is 205 g/mol. The molecule has 5 atom stereocenters. The van der Waals surface area contributed by atoms with Crippen LogP contribution in [0.4, 0.5) is 0 Å². The van der Waals surface area contributed by atoms with Crippen LogP contribution in [-0.4, -0.2) is 48.0 Å². The van der Waals surface area contributed by atoms with Gasteiger partial charge in [-0.05, 0) is 6.42 Å². The normalized spacial score (nSPS) is 43.9.